The molecule has 0 amide bonds. The first-order chi connectivity index (χ1) is 9.74. The third kappa shape index (κ3) is 2.15. The predicted molar refractivity (Wildman–Crippen MR) is 81.6 cm³/mol. The van der Waals surface area contributed by atoms with Crippen molar-refractivity contribution >= 4 is 16.7 Å². The van der Waals surface area contributed by atoms with Crippen LogP contribution in [0.1, 0.15) is 18.9 Å². The number of aliphatic hydroxyl groups is 1. The minimum Gasteiger partial charge on any atom is -0.394 e. The number of rotatable bonds is 3. The van der Waals surface area contributed by atoms with Gasteiger partial charge < -0.3 is 15.7 Å². The average Bonchev–Trinajstić information content (AvgIpc) is 2.86. The van der Waals surface area contributed by atoms with Crippen LogP contribution in [0.3, 0.4) is 0 Å². The molecule has 3 rings (SSSR count). The Balaban J connectivity index is 2.08. The molecule has 0 radical (unpaired) electrons. The van der Waals surface area contributed by atoms with Gasteiger partial charge in [-0.05, 0) is 30.0 Å². The minimum absolute atomic E-state index is 0.161. The lowest BCUT2D eigenvalue weighted by Crippen LogP contribution is -2.35. The highest BCUT2D eigenvalue weighted by atomic mass is 16.3. The van der Waals surface area contributed by atoms with E-state index in [1.54, 1.807) is 0 Å². The van der Waals surface area contributed by atoms with Gasteiger partial charge >= 0.3 is 0 Å². The molecule has 1 aromatic heterocycles. The summed E-state index contributed by atoms with van der Waals surface area (Å²) in [6.07, 6.45) is 1.09. The first-order valence-corrected chi connectivity index (χ1v) is 7.21. The molecular formula is C16H21N3O. The summed E-state index contributed by atoms with van der Waals surface area (Å²) in [5, 5.41) is 10.7. The highest BCUT2D eigenvalue weighted by Gasteiger charge is 2.31. The number of anilines is 1. The Hall–Kier alpha value is -1.65. The van der Waals surface area contributed by atoms with Gasteiger partial charge in [-0.2, -0.15) is 0 Å². The molecular weight excluding hydrogens is 250 g/mol. The third-order valence-corrected chi connectivity index (χ3v) is 4.37. The molecule has 4 nitrogen and oxygen atoms in total. The number of hydrogen-bond acceptors (Lipinski definition) is 4. The van der Waals surface area contributed by atoms with Crippen LogP contribution in [0.5, 0.6) is 0 Å². The summed E-state index contributed by atoms with van der Waals surface area (Å²) in [6, 6.07) is 10.3. The largest absolute Gasteiger partial charge is 0.394 e. The number of aromatic nitrogens is 1. The highest BCUT2D eigenvalue weighted by molar-refractivity contribution is 5.84. The summed E-state index contributed by atoms with van der Waals surface area (Å²) in [6.45, 7) is 3.81. The summed E-state index contributed by atoms with van der Waals surface area (Å²) in [5.74, 6) is 1.43. The van der Waals surface area contributed by atoms with Crippen LogP contribution in [0.25, 0.3) is 10.9 Å². The van der Waals surface area contributed by atoms with E-state index in [9.17, 15) is 5.11 Å². The number of pyridine rings is 1. The molecule has 0 bridgehead atoms. The van der Waals surface area contributed by atoms with E-state index in [0.717, 1.165) is 35.2 Å². The number of para-hydroxylation sites is 1. The quantitative estimate of drug-likeness (QED) is 0.895. The number of nitrogens with two attached hydrogens (primary N) is 1. The zero-order valence-electron chi connectivity index (χ0n) is 11.8. The molecule has 1 saturated heterocycles. The molecule has 0 spiro atoms. The number of aliphatic hydroxyl groups excluding tert-OH is 1. The van der Waals surface area contributed by atoms with Gasteiger partial charge in [-0.15, -0.1) is 0 Å². The molecule has 4 heteroatoms. The molecule has 3 N–H and O–H groups in total. The van der Waals surface area contributed by atoms with Crippen molar-refractivity contribution in [1.82, 2.24) is 4.98 Å². The molecule has 106 valence electrons. The molecule has 1 aliphatic heterocycles. The van der Waals surface area contributed by atoms with Crippen LogP contribution in [0, 0.1) is 5.92 Å². The minimum atomic E-state index is 0.161. The van der Waals surface area contributed by atoms with Gasteiger partial charge in [0.2, 0.25) is 0 Å². The van der Waals surface area contributed by atoms with Crippen LogP contribution >= 0.6 is 0 Å². The van der Waals surface area contributed by atoms with E-state index >= 15 is 0 Å². The topological polar surface area (TPSA) is 62.4 Å². The fourth-order valence-corrected chi connectivity index (χ4v) is 3.12. The van der Waals surface area contributed by atoms with E-state index in [2.05, 4.69) is 24.0 Å². The number of hydrogen-bond donors (Lipinski definition) is 2. The number of nitrogens with zero attached hydrogens (tertiary/aromatic N) is 2. The van der Waals surface area contributed by atoms with Crippen molar-refractivity contribution in [3.63, 3.8) is 0 Å². The maximum Gasteiger partial charge on any atom is 0.129 e. The second kappa shape index (κ2) is 5.38. The molecule has 2 heterocycles. The standard InChI is InChI=1S/C16H21N3O/c1-11-6-7-19(15(11)10-20)16-8-12(9-17)13-4-2-3-5-14(13)18-16/h2-5,8,11,15,20H,6-7,9-10,17H2,1H3. The van der Waals surface area contributed by atoms with Crippen molar-refractivity contribution in [1.29, 1.82) is 0 Å². The van der Waals surface area contributed by atoms with Gasteiger partial charge in [-0.3, -0.25) is 0 Å². The molecule has 1 aliphatic rings. The molecule has 2 unspecified atom stereocenters. The lowest BCUT2D eigenvalue weighted by atomic mass is 10.0. The summed E-state index contributed by atoms with van der Waals surface area (Å²) in [5.41, 5.74) is 7.97. The van der Waals surface area contributed by atoms with Crippen LogP contribution in [-0.2, 0) is 6.54 Å². The van der Waals surface area contributed by atoms with Gasteiger partial charge in [0.05, 0.1) is 18.2 Å². The van der Waals surface area contributed by atoms with Crippen LogP contribution in [0.2, 0.25) is 0 Å². The lowest BCUT2D eigenvalue weighted by Gasteiger charge is -2.27. The van der Waals surface area contributed by atoms with E-state index in [-0.39, 0.29) is 12.6 Å². The number of fused-ring (bicyclic) bond motifs is 1. The molecule has 2 atom stereocenters. The first-order valence-electron chi connectivity index (χ1n) is 7.21. The summed E-state index contributed by atoms with van der Waals surface area (Å²) < 4.78 is 0. The van der Waals surface area contributed by atoms with Gasteiger partial charge in [-0.1, -0.05) is 25.1 Å². The van der Waals surface area contributed by atoms with E-state index in [1.165, 1.54) is 0 Å². The van der Waals surface area contributed by atoms with Gasteiger partial charge in [-0.25, -0.2) is 4.98 Å². The first kappa shape index (κ1) is 13.3. The van der Waals surface area contributed by atoms with Crippen LogP contribution in [-0.4, -0.2) is 29.3 Å². The predicted octanol–water partition coefficient (Wildman–Crippen LogP) is 1.90. The molecule has 0 saturated carbocycles. The summed E-state index contributed by atoms with van der Waals surface area (Å²) in [7, 11) is 0. The second-order valence-electron chi connectivity index (χ2n) is 5.57. The molecule has 20 heavy (non-hydrogen) atoms. The molecule has 1 fully saturated rings. The van der Waals surface area contributed by atoms with Gasteiger partial charge in [0.25, 0.3) is 0 Å². The summed E-state index contributed by atoms with van der Waals surface area (Å²) >= 11 is 0. The Kier molecular flexibility index (Phi) is 3.59. The van der Waals surface area contributed by atoms with Crippen molar-refractivity contribution in [3.05, 3.63) is 35.9 Å². The fourth-order valence-electron chi connectivity index (χ4n) is 3.12. The second-order valence-corrected chi connectivity index (χ2v) is 5.57. The van der Waals surface area contributed by atoms with Crippen molar-refractivity contribution in [2.24, 2.45) is 11.7 Å². The van der Waals surface area contributed by atoms with E-state index < -0.39 is 0 Å². The van der Waals surface area contributed by atoms with Crippen LogP contribution in [0.4, 0.5) is 5.82 Å². The monoisotopic (exact) mass is 271 g/mol. The van der Waals surface area contributed by atoms with Crippen LogP contribution < -0.4 is 10.6 Å². The Labute approximate surface area is 119 Å². The Morgan fingerprint density at radius 2 is 2.20 bits per heavy atom. The Morgan fingerprint density at radius 3 is 2.95 bits per heavy atom. The summed E-state index contributed by atoms with van der Waals surface area (Å²) in [4.78, 5) is 6.98. The van der Waals surface area contributed by atoms with Gasteiger partial charge in [0, 0.05) is 18.5 Å². The lowest BCUT2D eigenvalue weighted by molar-refractivity contribution is 0.244. The van der Waals surface area contributed by atoms with Crippen molar-refractivity contribution in [2.45, 2.75) is 25.9 Å². The smallest absolute Gasteiger partial charge is 0.129 e. The van der Waals surface area contributed by atoms with Crippen LogP contribution in [0.15, 0.2) is 30.3 Å². The Bertz CT molecular complexity index is 614. The average molecular weight is 271 g/mol. The molecule has 0 aliphatic carbocycles. The van der Waals surface area contributed by atoms with Crippen molar-refractivity contribution < 1.29 is 5.11 Å². The zero-order valence-corrected chi connectivity index (χ0v) is 11.8. The van der Waals surface area contributed by atoms with Gasteiger partial charge in [0.1, 0.15) is 5.82 Å². The molecule has 1 aromatic carbocycles. The number of benzene rings is 1. The fraction of sp³-hybridized carbons (Fsp3) is 0.438. The Morgan fingerprint density at radius 1 is 1.40 bits per heavy atom. The zero-order chi connectivity index (χ0) is 14.1. The van der Waals surface area contributed by atoms with E-state index in [0.29, 0.717) is 12.5 Å². The third-order valence-electron chi connectivity index (χ3n) is 4.37. The maximum absolute atomic E-state index is 9.61. The maximum atomic E-state index is 9.61. The SMILES string of the molecule is CC1CCN(c2cc(CN)c3ccccc3n2)C1CO. The van der Waals surface area contributed by atoms with Gasteiger partial charge in [0.15, 0.2) is 0 Å². The highest BCUT2D eigenvalue weighted by Crippen LogP contribution is 2.30. The van der Waals surface area contributed by atoms with E-state index in [4.69, 9.17) is 10.7 Å². The normalized spacial score (nSPS) is 22.6. The van der Waals surface area contributed by atoms with Crippen molar-refractivity contribution in [2.75, 3.05) is 18.1 Å². The van der Waals surface area contributed by atoms with Crippen molar-refractivity contribution in [3.8, 4) is 0 Å². The molecule has 2 aromatic rings. The van der Waals surface area contributed by atoms with E-state index in [1.807, 2.05) is 18.2 Å².